The van der Waals surface area contributed by atoms with Gasteiger partial charge in [-0.1, -0.05) is 13.8 Å². The molecule has 2 rings (SSSR count). The molecule has 0 fully saturated rings. The summed E-state index contributed by atoms with van der Waals surface area (Å²) in [6.07, 6.45) is 0. The number of anilines is 1. The van der Waals surface area contributed by atoms with Crippen molar-refractivity contribution in [3.05, 3.63) is 18.2 Å². The van der Waals surface area contributed by atoms with Gasteiger partial charge in [-0.05, 0) is 24.1 Å². The van der Waals surface area contributed by atoms with E-state index in [4.69, 9.17) is 4.74 Å². The van der Waals surface area contributed by atoms with E-state index in [1.807, 2.05) is 17.8 Å². The largest absolute Gasteiger partial charge is 0.497 e. The molecule has 0 bridgehead atoms. The molecule has 0 saturated heterocycles. The number of rotatable bonds is 2. The highest BCUT2D eigenvalue weighted by Crippen LogP contribution is 2.37. The number of ether oxygens (including phenoxy) is 1. The van der Waals surface area contributed by atoms with Crippen LogP contribution in [0.3, 0.4) is 0 Å². The molecule has 0 aromatic heterocycles. The van der Waals surface area contributed by atoms with E-state index in [0.717, 1.165) is 11.5 Å². The Morgan fingerprint density at radius 3 is 2.93 bits per heavy atom. The van der Waals surface area contributed by atoms with E-state index < -0.39 is 0 Å². The van der Waals surface area contributed by atoms with E-state index in [1.54, 1.807) is 7.11 Å². The normalized spacial score (nSPS) is 19.6. The highest BCUT2D eigenvalue weighted by Gasteiger charge is 2.20. The molecule has 3 heteroatoms. The van der Waals surface area contributed by atoms with Gasteiger partial charge in [-0.15, -0.1) is 11.8 Å². The van der Waals surface area contributed by atoms with E-state index in [0.29, 0.717) is 12.0 Å². The molecule has 1 aliphatic rings. The van der Waals surface area contributed by atoms with E-state index in [9.17, 15) is 0 Å². The summed E-state index contributed by atoms with van der Waals surface area (Å²) in [7, 11) is 1.71. The SMILES string of the molecule is COc1ccc2c(c1)SCC(C(C)C)N2. The van der Waals surface area contributed by atoms with Crippen molar-refractivity contribution in [3.8, 4) is 5.75 Å². The second-order valence-corrected chi connectivity index (χ2v) is 5.23. The van der Waals surface area contributed by atoms with Crippen molar-refractivity contribution >= 4 is 17.4 Å². The number of hydrogen-bond acceptors (Lipinski definition) is 3. The third-order valence-corrected chi connectivity index (χ3v) is 3.93. The van der Waals surface area contributed by atoms with Crippen molar-refractivity contribution in [1.29, 1.82) is 0 Å². The van der Waals surface area contributed by atoms with Gasteiger partial charge < -0.3 is 10.1 Å². The molecular weight excluding hydrogens is 206 g/mol. The number of methoxy groups -OCH3 is 1. The summed E-state index contributed by atoms with van der Waals surface area (Å²) in [6.45, 7) is 4.51. The second kappa shape index (κ2) is 4.35. The van der Waals surface area contributed by atoms with Gasteiger partial charge in [0.2, 0.25) is 0 Å². The highest BCUT2D eigenvalue weighted by atomic mass is 32.2. The first-order valence-electron chi connectivity index (χ1n) is 5.28. The molecule has 1 atom stereocenters. The van der Waals surface area contributed by atoms with Crippen LogP contribution in [0.1, 0.15) is 13.8 Å². The van der Waals surface area contributed by atoms with Crippen LogP contribution in [0.15, 0.2) is 23.1 Å². The summed E-state index contributed by atoms with van der Waals surface area (Å²) in [6, 6.07) is 6.80. The Morgan fingerprint density at radius 1 is 1.47 bits per heavy atom. The quantitative estimate of drug-likeness (QED) is 0.831. The van der Waals surface area contributed by atoms with Crippen LogP contribution >= 0.6 is 11.8 Å². The third-order valence-electron chi connectivity index (χ3n) is 2.75. The lowest BCUT2D eigenvalue weighted by atomic mass is 10.1. The Hall–Kier alpha value is -0.830. The summed E-state index contributed by atoms with van der Waals surface area (Å²) >= 11 is 1.91. The van der Waals surface area contributed by atoms with Gasteiger partial charge in [0.25, 0.3) is 0 Å². The maximum Gasteiger partial charge on any atom is 0.120 e. The fourth-order valence-electron chi connectivity index (χ4n) is 1.65. The molecule has 1 aliphatic heterocycles. The summed E-state index contributed by atoms with van der Waals surface area (Å²) in [5, 5.41) is 3.57. The van der Waals surface area contributed by atoms with Crippen LogP contribution in [0.2, 0.25) is 0 Å². The summed E-state index contributed by atoms with van der Waals surface area (Å²) < 4.78 is 5.21. The van der Waals surface area contributed by atoms with E-state index in [1.165, 1.54) is 10.6 Å². The van der Waals surface area contributed by atoms with Crippen LogP contribution in [0.4, 0.5) is 5.69 Å². The van der Waals surface area contributed by atoms with Crippen molar-refractivity contribution in [3.63, 3.8) is 0 Å². The maximum atomic E-state index is 5.21. The van der Waals surface area contributed by atoms with Gasteiger partial charge in [0, 0.05) is 22.4 Å². The van der Waals surface area contributed by atoms with Gasteiger partial charge in [0.1, 0.15) is 5.75 Å². The molecule has 0 amide bonds. The van der Waals surface area contributed by atoms with E-state index in [-0.39, 0.29) is 0 Å². The van der Waals surface area contributed by atoms with Gasteiger partial charge in [-0.2, -0.15) is 0 Å². The number of nitrogens with one attached hydrogen (secondary N) is 1. The number of benzene rings is 1. The van der Waals surface area contributed by atoms with Crippen molar-refractivity contribution in [2.24, 2.45) is 5.92 Å². The fourth-order valence-corrected chi connectivity index (χ4v) is 2.96. The Morgan fingerprint density at radius 2 is 2.27 bits per heavy atom. The smallest absolute Gasteiger partial charge is 0.120 e. The molecule has 1 aromatic carbocycles. The molecular formula is C12H17NOS. The first-order chi connectivity index (χ1) is 7.20. The van der Waals surface area contributed by atoms with Crippen LogP contribution in [-0.4, -0.2) is 18.9 Å². The first kappa shape index (κ1) is 10.7. The van der Waals surface area contributed by atoms with Gasteiger partial charge in [-0.3, -0.25) is 0 Å². The van der Waals surface area contributed by atoms with Gasteiger partial charge >= 0.3 is 0 Å². The predicted molar refractivity (Wildman–Crippen MR) is 66.0 cm³/mol. The van der Waals surface area contributed by atoms with Gasteiger partial charge in [0.15, 0.2) is 0 Å². The van der Waals surface area contributed by atoms with E-state index >= 15 is 0 Å². The molecule has 2 nitrogen and oxygen atoms in total. The Bertz CT molecular complexity index is 351. The number of hydrogen-bond donors (Lipinski definition) is 1. The van der Waals surface area contributed by atoms with Crippen molar-refractivity contribution in [1.82, 2.24) is 0 Å². The minimum Gasteiger partial charge on any atom is -0.497 e. The van der Waals surface area contributed by atoms with Gasteiger partial charge in [-0.25, -0.2) is 0 Å². The zero-order valence-corrected chi connectivity index (χ0v) is 10.2. The van der Waals surface area contributed by atoms with Crippen molar-refractivity contribution in [2.75, 3.05) is 18.2 Å². The van der Waals surface area contributed by atoms with Crippen molar-refractivity contribution < 1.29 is 4.74 Å². The zero-order valence-electron chi connectivity index (χ0n) is 9.41. The van der Waals surface area contributed by atoms with Crippen LogP contribution in [0.5, 0.6) is 5.75 Å². The highest BCUT2D eigenvalue weighted by molar-refractivity contribution is 7.99. The molecule has 1 heterocycles. The average molecular weight is 223 g/mol. The predicted octanol–water partition coefficient (Wildman–Crippen LogP) is 3.24. The first-order valence-corrected chi connectivity index (χ1v) is 6.26. The average Bonchev–Trinajstić information content (AvgIpc) is 2.27. The van der Waals surface area contributed by atoms with Crippen LogP contribution in [0, 0.1) is 5.92 Å². The molecule has 0 saturated carbocycles. The standard InChI is InChI=1S/C12H17NOS/c1-8(2)11-7-15-12-6-9(14-3)4-5-10(12)13-11/h4-6,8,11,13H,7H2,1-3H3. The Labute approximate surface area is 95.4 Å². The minimum atomic E-state index is 0.580. The minimum absolute atomic E-state index is 0.580. The molecule has 15 heavy (non-hydrogen) atoms. The number of thioether (sulfide) groups is 1. The van der Waals surface area contributed by atoms with Gasteiger partial charge in [0.05, 0.1) is 7.11 Å². The molecule has 1 unspecified atom stereocenters. The summed E-state index contributed by atoms with van der Waals surface area (Å²) in [4.78, 5) is 1.30. The number of fused-ring (bicyclic) bond motifs is 1. The Balaban J connectivity index is 2.21. The fraction of sp³-hybridized carbons (Fsp3) is 0.500. The molecule has 0 aliphatic carbocycles. The van der Waals surface area contributed by atoms with Crippen molar-refractivity contribution in [2.45, 2.75) is 24.8 Å². The zero-order chi connectivity index (χ0) is 10.8. The van der Waals surface area contributed by atoms with Crippen LogP contribution in [0.25, 0.3) is 0 Å². The lowest BCUT2D eigenvalue weighted by molar-refractivity contribution is 0.413. The molecule has 1 aromatic rings. The lowest BCUT2D eigenvalue weighted by Crippen LogP contribution is -2.30. The molecule has 82 valence electrons. The summed E-state index contributed by atoms with van der Waals surface area (Å²) in [5.74, 6) is 2.75. The van der Waals surface area contributed by atoms with Crippen LogP contribution in [-0.2, 0) is 0 Å². The molecule has 0 radical (unpaired) electrons. The monoisotopic (exact) mass is 223 g/mol. The topological polar surface area (TPSA) is 21.3 Å². The third kappa shape index (κ3) is 2.23. The molecule has 0 spiro atoms. The maximum absolute atomic E-state index is 5.21. The molecule has 1 N–H and O–H groups in total. The summed E-state index contributed by atoms with van der Waals surface area (Å²) in [5.41, 5.74) is 1.24. The van der Waals surface area contributed by atoms with E-state index in [2.05, 4.69) is 31.3 Å². The second-order valence-electron chi connectivity index (χ2n) is 4.17. The van der Waals surface area contributed by atoms with Crippen LogP contribution < -0.4 is 10.1 Å². The Kier molecular flexibility index (Phi) is 3.10. The lowest BCUT2D eigenvalue weighted by Gasteiger charge is -2.29.